The van der Waals surface area contributed by atoms with Crippen molar-refractivity contribution in [1.82, 2.24) is 9.62 Å². The summed E-state index contributed by atoms with van der Waals surface area (Å²) in [7, 11) is -3.55. The summed E-state index contributed by atoms with van der Waals surface area (Å²) in [6.07, 6.45) is 0. The zero-order chi connectivity index (χ0) is 20.1. The van der Waals surface area contributed by atoms with E-state index in [0.29, 0.717) is 44.3 Å². The summed E-state index contributed by atoms with van der Waals surface area (Å²) in [4.78, 5) is 13.5. The van der Waals surface area contributed by atoms with Crippen LogP contribution in [-0.4, -0.2) is 51.4 Å². The maximum atomic E-state index is 12.7. The number of aryl methyl sites for hydroxylation is 1. The van der Waals surface area contributed by atoms with Crippen molar-refractivity contribution in [3.05, 3.63) is 64.7 Å². The first-order valence-corrected chi connectivity index (χ1v) is 11.1. The normalized spacial score (nSPS) is 16.1. The Bertz CT molecular complexity index is 941. The van der Waals surface area contributed by atoms with Gasteiger partial charge in [-0.2, -0.15) is 4.31 Å². The average Bonchev–Trinajstić information content (AvgIpc) is 2.68. The van der Waals surface area contributed by atoms with Crippen LogP contribution in [0, 0.1) is 6.92 Å². The number of sulfonamides is 1. The van der Waals surface area contributed by atoms with Gasteiger partial charge >= 0.3 is 0 Å². The van der Waals surface area contributed by atoms with Crippen LogP contribution >= 0.6 is 11.6 Å². The first-order chi connectivity index (χ1) is 13.4. The van der Waals surface area contributed by atoms with Gasteiger partial charge in [-0.05, 0) is 36.2 Å². The molecule has 0 unspecified atom stereocenters. The molecule has 1 aliphatic rings. The Hall–Kier alpha value is -1.93. The topological polar surface area (TPSA) is 70.9 Å². The smallest absolute Gasteiger partial charge is 0.275 e. The molecule has 0 aliphatic carbocycles. The summed E-state index contributed by atoms with van der Waals surface area (Å²) >= 11 is 5.92. The molecule has 0 atom stereocenters. The van der Waals surface area contributed by atoms with Gasteiger partial charge in [-0.1, -0.05) is 41.9 Å². The largest absolute Gasteiger partial charge is 0.347 e. The van der Waals surface area contributed by atoms with Gasteiger partial charge < -0.3 is 10.2 Å². The molecule has 1 saturated heterocycles. The lowest BCUT2D eigenvalue weighted by Gasteiger charge is -2.31. The third-order valence-electron chi connectivity index (χ3n) is 5.01. The highest BCUT2D eigenvalue weighted by molar-refractivity contribution is 7.89. The minimum absolute atomic E-state index is 0.0237. The highest BCUT2D eigenvalue weighted by atomic mass is 35.5. The zero-order valence-corrected chi connectivity index (χ0v) is 17.4. The fourth-order valence-corrected chi connectivity index (χ4v) is 5.03. The Morgan fingerprint density at radius 3 is 2.54 bits per heavy atom. The Morgan fingerprint density at radius 2 is 1.86 bits per heavy atom. The van der Waals surface area contributed by atoms with E-state index in [1.807, 2.05) is 31.2 Å². The summed E-state index contributed by atoms with van der Waals surface area (Å²) in [6.45, 7) is 4.83. The number of carbonyl (C=O) groups is 1. The van der Waals surface area contributed by atoms with Gasteiger partial charge in [0.15, 0.2) is 6.54 Å². The predicted octanol–water partition coefficient (Wildman–Crippen LogP) is 0.854. The van der Waals surface area contributed by atoms with Crippen LogP contribution in [0.1, 0.15) is 11.1 Å². The lowest BCUT2D eigenvalue weighted by atomic mass is 10.1. The second-order valence-corrected chi connectivity index (χ2v) is 9.37. The number of carbonyl (C=O) groups excluding carboxylic acids is 1. The van der Waals surface area contributed by atoms with Gasteiger partial charge in [0, 0.05) is 11.6 Å². The van der Waals surface area contributed by atoms with Crippen LogP contribution in [0.4, 0.5) is 0 Å². The van der Waals surface area contributed by atoms with Crippen LogP contribution in [0.2, 0.25) is 5.02 Å². The standard InChI is InChI=1S/C20H24ClN3O3S/c1-16-5-2-3-6-17(16)14-22-20(25)15-23-9-11-24(12-10-23)28(26,27)19-8-4-7-18(21)13-19/h2-8,13H,9-12,14-15H2,1H3,(H,22,25)/p+1. The molecule has 0 saturated carbocycles. The summed E-state index contributed by atoms with van der Waals surface area (Å²) in [5, 5.41) is 3.35. The van der Waals surface area contributed by atoms with Crippen LogP contribution in [0.5, 0.6) is 0 Å². The molecule has 1 fully saturated rings. The van der Waals surface area contributed by atoms with Crippen molar-refractivity contribution in [3.63, 3.8) is 0 Å². The van der Waals surface area contributed by atoms with E-state index in [1.165, 1.54) is 10.4 Å². The van der Waals surface area contributed by atoms with Gasteiger partial charge in [0.25, 0.3) is 5.91 Å². The summed E-state index contributed by atoms with van der Waals surface area (Å²) in [5.41, 5.74) is 2.25. The first-order valence-electron chi connectivity index (χ1n) is 9.27. The molecule has 1 amide bonds. The molecule has 2 aromatic rings. The molecule has 1 aliphatic heterocycles. The molecule has 0 bridgehead atoms. The number of nitrogens with zero attached hydrogens (tertiary/aromatic N) is 1. The quantitative estimate of drug-likeness (QED) is 0.725. The number of quaternary nitrogens is 1. The average molecular weight is 423 g/mol. The number of benzene rings is 2. The van der Waals surface area contributed by atoms with Crippen molar-refractivity contribution in [2.75, 3.05) is 32.7 Å². The van der Waals surface area contributed by atoms with E-state index in [9.17, 15) is 13.2 Å². The van der Waals surface area contributed by atoms with Crippen molar-refractivity contribution >= 4 is 27.5 Å². The van der Waals surface area contributed by atoms with Crippen molar-refractivity contribution in [3.8, 4) is 0 Å². The predicted molar refractivity (Wildman–Crippen MR) is 109 cm³/mol. The molecule has 0 radical (unpaired) electrons. The van der Waals surface area contributed by atoms with Crippen LogP contribution in [0.15, 0.2) is 53.4 Å². The van der Waals surface area contributed by atoms with E-state index in [-0.39, 0.29) is 10.8 Å². The second kappa shape index (κ2) is 9.05. The molecule has 0 spiro atoms. The molecule has 2 N–H and O–H groups in total. The number of rotatable bonds is 6. The highest BCUT2D eigenvalue weighted by Crippen LogP contribution is 2.19. The lowest BCUT2D eigenvalue weighted by molar-refractivity contribution is -0.895. The van der Waals surface area contributed by atoms with Gasteiger partial charge in [0.05, 0.1) is 31.1 Å². The molecule has 2 aromatic carbocycles. The number of piperazine rings is 1. The molecule has 8 heteroatoms. The molecule has 150 valence electrons. The molecule has 1 heterocycles. The minimum atomic E-state index is -3.55. The van der Waals surface area contributed by atoms with Crippen molar-refractivity contribution < 1.29 is 18.1 Å². The van der Waals surface area contributed by atoms with Crippen LogP contribution in [-0.2, 0) is 21.4 Å². The van der Waals surface area contributed by atoms with E-state index < -0.39 is 10.0 Å². The van der Waals surface area contributed by atoms with E-state index >= 15 is 0 Å². The number of nitrogens with one attached hydrogen (secondary N) is 2. The summed E-state index contributed by atoms with van der Waals surface area (Å²) < 4.78 is 26.9. The zero-order valence-electron chi connectivity index (χ0n) is 15.8. The highest BCUT2D eigenvalue weighted by Gasteiger charge is 2.31. The maximum absolute atomic E-state index is 12.7. The Labute approximate surface area is 171 Å². The minimum Gasteiger partial charge on any atom is -0.347 e. The van der Waals surface area contributed by atoms with Gasteiger partial charge in [-0.25, -0.2) is 8.42 Å². The number of amides is 1. The first kappa shape index (κ1) is 20.8. The Balaban J connectivity index is 1.50. The van der Waals surface area contributed by atoms with Crippen molar-refractivity contribution in [2.45, 2.75) is 18.4 Å². The molecular weight excluding hydrogens is 398 g/mol. The van der Waals surface area contributed by atoms with Crippen molar-refractivity contribution in [2.24, 2.45) is 0 Å². The van der Waals surface area contributed by atoms with Crippen LogP contribution in [0.3, 0.4) is 0 Å². The number of hydrogen-bond donors (Lipinski definition) is 2. The van der Waals surface area contributed by atoms with Gasteiger partial charge in [-0.3, -0.25) is 4.79 Å². The molecule has 0 aromatic heterocycles. The van der Waals surface area contributed by atoms with E-state index in [0.717, 1.165) is 16.0 Å². The lowest BCUT2D eigenvalue weighted by Crippen LogP contribution is -3.15. The molecule has 6 nitrogen and oxygen atoms in total. The summed E-state index contributed by atoms with van der Waals surface area (Å²) in [6, 6.07) is 14.3. The fourth-order valence-electron chi connectivity index (χ4n) is 3.29. The maximum Gasteiger partial charge on any atom is 0.275 e. The van der Waals surface area contributed by atoms with Gasteiger partial charge in [0.2, 0.25) is 10.0 Å². The number of halogens is 1. The van der Waals surface area contributed by atoms with Crippen LogP contribution < -0.4 is 10.2 Å². The Kier molecular flexibility index (Phi) is 6.72. The van der Waals surface area contributed by atoms with Gasteiger partial charge in [-0.15, -0.1) is 0 Å². The van der Waals surface area contributed by atoms with Crippen LogP contribution in [0.25, 0.3) is 0 Å². The SMILES string of the molecule is Cc1ccccc1CNC(=O)C[NH+]1CCN(S(=O)(=O)c2cccc(Cl)c2)CC1. The molecule has 28 heavy (non-hydrogen) atoms. The number of hydrogen-bond acceptors (Lipinski definition) is 3. The van der Waals surface area contributed by atoms with E-state index in [4.69, 9.17) is 11.6 Å². The third-order valence-corrected chi connectivity index (χ3v) is 7.14. The van der Waals surface area contributed by atoms with Gasteiger partial charge in [0.1, 0.15) is 0 Å². The molecule has 3 rings (SSSR count). The van der Waals surface area contributed by atoms with E-state index in [1.54, 1.807) is 18.2 Å². The monoisotopic (exact) mass is 422 g/mol. The Morgan fingerprint density at radius 1 is 1.14 bits per heavy atom. The fraction of sp³-hybridized carbons (Fsp3) is 0.350. The second-order valence-electron chi connectivity index (χ2n) is 6.99. The molecular formula is C20H25ClN3O3S+. The van der Waals surface area contributed by atoms with E-state index in [2.05, 4.69) is 5.32 Å². The summed E-state index contributed by atoms with van der Waals surface area (Å²) in [5.74, 6) is -0.0237. The van der Waals surface area contributed by atoms with Crippen molar-refractivity contribution in [1.29, 1.82) is 0 Å². The third kappa shape index (κ3) is 5.11.